The van der Waals surface area contributed by atoms with Gasteiger partial charge in [-0.1, -0.05) is 38.3 Å². The summed E-state index contributed by atoms with van der Waals surface area (Å²) >= 11 is 0. The minimum absolute atomic E-state index is 0.349. The smallest absolute Gasteiger partial charge is 0.0449 e. The molecule has 1 aliphatic carbocycles. The first-order valence-electron chi connectivity index (χ1n) is 6.61. The van der Waals surface area contributed by atoms with E-state index in [2.05, 4.69) is 39.2 Å². The molecule has 0 amide bonds. The van der Waals surface area contributed by atoms with E-state index in [0.717, 1.165) is 5.92 Å². The molecule has 94 valence electrons. The van der Waals surface area contributed by atoms with Crippen molar-refractivity contribution < 1.29 is 0 Å². The molecule has 2 nitrogen and oxygen atoms in total. The quantitative estimate of drug-likeness (QED) is 0.427. The lowest BCUT2D eigenvalue weighted by Crippen LogP contribution is -2.46. The topological polar surface area (TPSA) is 38.0 Å². The van der Waals surface area contributed by atoms with E-state index in [1.807, 2.05) is 0 Å². The minimum Gasteiger partial charge on any atom is -0.271 e. The minimum atomic E-state index is 0.349. The summed E-state index contributed by atoms with van der Waals surface area (Å²) in [5.41, 5.74) is 4.81. The summed E-state index contributed by atoms with van der Waals surface area (Å²) in [6.45, 7) is 8.94. The van der Waals surface area contributed by atoms with Crippen LogP contribution < -0.4 is 11.3 Å². The Kier molecular flexibility index (Phi) is 5.00. The van der Waals surface area contributed by atoms with Gasteiger partial charge in [0, 0.05) is 6.04 Å². The van der Waals surface area contributed by atoms with Gasteiger partial charge >= 0.3 is 0 Å². The molecule has 0 spiro atoms. The maximum atomic E-state index is 5.77. The van der Waals surface area contributed by atoms with E-state index in [-0.39, 0.29) is 0 Å². The fourth-order valence-corrected chi connectivity index (χ4v) is 3.27. The lowest BCUT2D eigenvalue weighted by molar-refractivity contribution is 0.183. The zero-order valence-electron chi connectivity index (χ0n) is 11.3. The maximum Gasteiger partial charge on any atom is 0.0449 e. The number of allylic oxidation sites excluding steroid dienone is 1. The second-order valence-electron chi connectivity index (χ2n) is 6.06. The Morgan fingerprint density at radius 1 is 1.31 bits per heavy atom. The van der Waals surface area contributed by atoms with E-state index < -0.39 is 0 Å². The van der Waals surface area contributed by atoms with Gasteiger partial charge < -0.3 is 0 Å². The number of hydrogen-bond acceptors (Lipinski definition) is 2. The molecule has 1 saturated carbocycles. The van der Waals surface area contributed by atoms with Crippen molar-refractivity contribution in [1.82, 2.24) is 5.43 Å². The maximum absolute atomic E-state index is 5.77. The molecule has 1 rings (SSSR count). The van der Waals surface area contributed by atoms with E-state index in [4.69, 9.17) is 5.84 Å². The number of hydrazine groups is 1. The van der Waals surface area contributed by atoms with Crippen LogP contribution in [0.15, 0.2) is 11.6 Å². The Bertz CT molecular complexity index is 233. The van der Waals surface area contributed by atoms with E-state index in [1.165, 1.54) is 37.7 Å². The van der Waals surface area contributed by atoms with Crippen LogP contribution in [-0.4, -0.2) is 6.04 Å². The lowest BCUT2D eigenvalue weighted by Gasteiger charge is -2.37. The first-order chi connectivity index (χ1) is 7.50. The Morgan fingerprint density at radius 2 is 1.88 bits per heavy atom. The van der Waals surface area contributed by atoms with Crippen LogP contribution in [0.4, 0.5) is 0 Å². The molecule has 0 heterocycles. The van der Waals surface area contributed by atoms with Crippen LogP contribution in [0.25, 0.3) is 0 Å². The molecule has 0 bridgehead atoms. The van der Waals surface area contributed by atoms with Crippen molar-refractivity contribution in [2.45, 2.75) is 65.8 Å². The van der Waals surface area contributed by atoms with Gasteiger partial charge in [-0.3, -0.25) is 11.3 Å². The average molecular weight is 224 g/mol. The molecule has 1 fully saturated rings. The number of hydrogen-bond donors (Lipinski definition) is 2. The molecule has 0 aromatic heterocycles. The van der Waals surface area contributed by atoms with Gasteiger partial charge in [0.05, 0.1) is 0 Å². The summed E-state index contributed by atoms with van der Waals surface area (Å²) < 4.78 is 0. The highest BCUT2D eigenvalue weighted by Crippen LogP contribution is 2.46. The molecule has 1 unspecified atom stereocenters. The van der Waals surface area contributed by atoms with Crippen LogP contribution in [0.1, 0.15) is 59.8 Å². The first-order valence-corrected chi connectivity index (χ1v) is 6.61. The molecule has 0 aliphatic heterocycles. The summed E-state index contributed by atoms with van der Waals surface area (Å²) in [6, 6.07) is 0.349. The van der Waals surface area contributed by atoms with Crippen molar-refractivity contribution in [3.8, 4) is 0 Å². The molecule has 16 heavy (non-hydrogen) atoms. The van der Waals surface area contributed by atoms with Crippen LogP contribution in [0.3, 0.4) is 0 Å². The van der Waals surface area contributed by atoms with E-state index in [9.17, 15) is 0 Å². The second-order valence-corrected chi connectivity index (χ2v) is 6.06. The van der Waals surface area contributed by atoms with Gasteiger partial charge in [0.25, 0.3) is 0 Å². The van der Waals surface area contributed by atoms with Gasteiger partial charge in [-0.2, -0.15) is 0 Å². The SMILES string of the molecule is CC(C)=CC(NN)C1(CC(C)C)CCCC1. The van der Waals surface area contributed by atoms with Crippen molar-refractivity contribution in [3.63, 3.8) is 0 Å². The van der Waals surface area contributed by atoms with Crippen LogP contribution in [0, 0.1) is 11.3 Å². The molecule has 0 aromatic rings. The third-order valence-corrected chi connectivity index (χ3v) is 3.75. The molecule has 0 aromatic carbocycles. The normalized spacial score (nSPS) is 21.1. The number of nitrogens with two attached hydrogens (primary N) is 1. The summed E-state index contributed by atoms with van der Waals surface area (Å²) in [4.78, 5) is 0. The van der Waals surface area contributed by atoms with E-state index in [0.29, 0.717) is 11.5 Å². The molecule has 0 saturated heterocycles. The van der Waals surface area contributed by atoms with Crippen LogP contribution in [-0.2, 0) is 0 Å². The average Bonchev–Trinajstić information content (AvgIpc) is 2.62. The van der Waals surface area contributed by atoms with Gasteiger partial charge in [0.2, 0.25) is 0 Å². The van der Waals surface area contributed by atoms with E-state index in [1.54, 1.807) is 0 Å². The summed E-state index contributed by atoms with van der Waals surface area (Å²) in [7, 11) is 0. The molecule has 3 N–H and O–H groups in total. The molecule has 0 radical (unpaired) electrons. The Labute approximate surface area is 101 Å². The standard InChI is InChI=1S/C14H28N2/c1-11(2)9-13(16-15)14(10-12(3)4)7-5-6-8-14/h9,12-13,16H,5-8,10,15H2,1-4H3. The highest BCUT2D eigenvalue weighted by Gasteiger charge is 2.40. The zero-order chi connectivity index (χ0) is 12.2. The summed E-state index contributed by atoms with van der Waals surface area (Å²) in [6.07, 6.45) is 8.97. The van der Waals surface area contributed by atoms with Crippen LogP contribution in [0.5, 0.6) is 0 Å². The van der Waals surface area contributed by atoms with Gasteiger partial charge in [-0.15, -0.1) is 0 Å². The van der Waals surface area contributed by atoms with Crippen molar-refractivity contribution in [2.24, 2.45) is 17.2 Å². The van der Waals surface area contributed by atoms with Crippen LogP contribution >= 0.6 is 0 Å². The van der Waals surface area contributed by atoms with Gasteiger partial charge in [0.15, 0.2) is 0 Å². The third kappa shape index (κ3) is 3.33. The Balaban J connectivity index is 2.85. The van der Waals surface area contributed by atoms with Crippen molar-refractivity contribution in [2.75, 3.05) is 0 Å². The summed E-state index contributed by atoms with van der Waals surface area (Å²) in [5.74, 6) is 6.52. The van der Waals surface area contributed by atoms with Crippen molar-refractivity contribution in [1.29, 1.82) is 0 Å². The summed E-state index contributed by atoms with van der Waals surface area (Å²) in [5, 5.41) is 0. The Hall–Kier alpha value is -0.340. The fraction of sp³-hybridized carbons (Fsp3) is 0.857. The molecule has 1 aliphatic rings. The fourth-order valence-electron chi connectivity index (χ4n) is 3.27. The van der Waals surface area contributed by atoms with Gasteiger partial charge in [-0.25, -0.2) is 0 Å². The largest absolute Gasteiger partial charge is 0.271 e. The van der Waals surface area contributed by atoms with Crippen molar-refractivity contribution in [3.05, 3.63) is 11.6 Å². The zero-order valence-corrected chi connectivity index (χ0v) is 11.3. The lowest BCUT2D eigenvalue weighted by atomic mass is 9.72. The highest BCUT2D eigenvalue weighted by molar-refractivity contribution is 5.09. The third-order valence-electron chi connectivity index (χ3n) is 3.75. The molecular weight excluding hydrogens is 196 g/mol. The second kappa shape index (κ2) is 5.83. The monoisotopic (exact) mass is 224 g/mol. The number of rotatable bonds is 5. The van der Waals surface area contributed by atoms with Gasteiger partial charge in [0.1, 0.15) is 0 Å². The first kappa shape index (κ1) is 13.7. The predicted octanol–water partition coefficient (Wildman–Crippen LogP) is 3.39. The molecule has 1 atom stereocenters. The molecular formula is C14H28N2. The van der Waals surface area contributed by atoms with Gasteiger partial charge in [-0.05, 0) is 44.4 Å². The highest BCUT2D eigenvalue weighted by atomic mass is 15.2. The predicted molar refractivity (Wildman–Crippen MR) is 70.9 cm³/mol. The van der Waals surface area contributed by atoms with E-state index >= 15 is 0 Å². The molecule has 2 heteroatoms. The van der Waals surface area contributed by atoms with Crippen LogP contribution in [0.2, 0.25) is 0 Å². The number of nitrogens with one attached hydrogen (secondary N) is 1. The van der Waals surface area contributed by atoms with Crippen molar-refractivity contribution >= 4 is 0 Å². The Morgan fingerprint density at radius 3 is 2.25 bits per heavy atom.